The van der Waals surface area contributed by atoms with E-state index in [-0.39, 0.29) is 13.2 Å². The zero-order valence-electron chi connectivity index (χ0n) is 13.1. The van der Waals surface area contributed by atoms with Gasteiger partial charge in [0.15, 0.2) is 0 Å². The van der Waals surface area contributed by atoms with Crippen LogP contribution in [0, 0.1) is 0 Å². The Hall–Kier alpha value is -1.10. The smallest absolute Gasteiger partial charge is 0.119 e. The van der Waals surface area contributed by atoms with Crippen LogP contribution < -0.4 is 10.1 Å². The highest BCUT2D eigenvalue weighted by molar-refractivity contribution is 5.27. The molecule has 0 saturated heterocycles. The first-order valence-electron chi connectivity index (χ1n) is 7.93. The fourth-order valence-corrected chi connectivity index (χ4v) is 2.22. The SMILES string of the molecule is CC(Cc1ccc(OCCCCCCO)cc1)NCCO. The van der Waals surface area contributed by atoms with Crippen LogP contribution in [-0.4, -0.2) is 42.6 Å². The maximum atomic E-state index is 8.78. The van der Waals surface area contributed by atoms with Gasteiger partial charge in [-0.1, -0.05) is 18.6 Å². The van der Waals surface area contributed by atoms with E-state index in [4.69, 9.17) is 14.9 Å². The van der Waals surface area contributed by atoms with E-state index in [0.717, 1.165) is 44.5 Å². The van der Waals surface area contributed by atoms with Gasteiger partial charge in [0.25, 0.3) is 0 Å². The third kappa shape index (κ3) is 8.71. The number of nitrogens with one attached hydrogen (secondary N) is 1. The van der Waals surface area contributed by atoms with E-state index in [1.54, 1.807) is 0 Å². The molecule has 0 saturated carbocycles. The number of ether oxygens (including phenoxy) is 1. The van der Waals surface area contributed by atoms with Gasteiger partial charge in [-0.25, -0.2) is 0 Å². The van der Waals surface area contributed by atoms with E-state index in [9.17, 15) is 0 Å². The number of aliphatic hydroxyl groups is 2. The van der Waals surface area contributed by atoms with Crippen LogP contribution in [0.1, 0.15) is 38.2 Å². The second-order valence-electron chi connectivity index (χ2n) is 5.41. The van der Waals surface area contributed by atoms with E-state index in [1.165, 1.54) is 5.56 Å². The summed E-state index contributed by atoms with van der Waals surface area (Å²) >= 11 is 0. The summed E-state index contributed by atoms with van der Waals surface area (Å²) in [6.45, 7) is 3.95. The molecule has 21 heavy (non-hydrogen) atoms. The van der Waals surface area contributed by atoms with Crippen LogP contribution >= 0.6 is 0 Å². The molecule has 1 unspecified atom stereocenters. The summed E-state index contributed by atoms with van der Waals surface area (Å²) in [5, 5.41) is 20.7. The number of benzene rings is 1. The summed E-state index contributed by atoms with van der Waals surface area (Å²) in [5.41, 5.74) is 1.27. The number of hydrogen-bond acceptors (Lipinski definition) is 4. The monoisotopic (exact) mass is 295 g/mol. The van der Waals surface area contributed by atoms with Crippen LogP contribution in [-0.2, 0) is 6.42 Å². The normalized spacial score (nSPS) is 12.3. The van der Waals surface area contributed by atoms with Gasteiger partial charge in [0.1, 0.15) is 5.75 Å². The minimum Gasteiger partial charge on any atom is -0.494 e. The molecule has 4 heteroatoms. The first-order valence-corrected chi connectivity index (χ1v) is 7.93. The third-order valence-electron chi connectivity index (χ3n) is 3.39. The molecule has 4 nitrogen and oxygen atoms in total. The molecule has 0 aromatic heterocycles. The maximum Gasteiger partial charge on any atom is 0.119 e. The zero-order chi connectivity index (χ0) is 15.3. The summed E-state index contributed by atoms with van der Waals surface area (Å²) < 4.78 is 5.70. The molecule has 1 aromatic carbocycles. The molecule has 0 heterocycles. The number of rotatable bonds is 12. The fraction of sp³-hybridized carbons (Fsp3) is 0.647. The number of hydrogen-bond donors (Lipinski definition) is 3. The van der Waals surface area contributed by atoms with Gasteiger partial charge in [0.2, 0.25) is 0 Å². The van der Waals surface area contributed by atoms with Crippen LogP contribution in [0.25, 0.3) is 0 Å². The minimum atomic E-state index is 0.176. The van der Waals surface area contributed by atoms with Crippen molar-refractivity contribution in [1.29, 1.82) is 0 Å². The van der Waals surface area contributed by atoms with Crippen molar-refractivity contribution in [2.24, 2.45) is 0 Å². The maximum absolute atomic E-state index is 8.78. The molecule has 0 aliphatic carbocycles. The summed E-state index contributed by atoms with van der Waals surface area (Å²) in [7, 11) is 0. The van der Waals surface area contributed by atoms with Crippen molar-refractivity contribution in [2.75, 3.05) is 26.4 Å². The van der Waals surface area contributed by atoms with Crippen LogP contribution in [0.2, 0.25) is 0 Å². The molecule has 3 N–H and O–H groups in total. The lowest BCUT2D eigenvalue weighted by Crippen LogP contribution is -2.30. The molecule has 1 rings (SSSR count). The van der Waals surface area contributed by atoms with E-state index in [1.807, 2.05) is 12.1 Å². The molecule has 0 spiro atoms. The highest BCUT2D eigenvalue weighted by Crippen LogP contribution is 2.14. The molecule has 0 radical (unpaired) electrons. The van der Waals surface area contributed by atoms with Gasteiger partial charge >= 0.3 is 0 Å². The van der Waals surface area contributed by atoms with Crippen molar-refractivity contribution >= 4 is 0 Å². The first-order chi connectivity index (χ1) is 10.3. The van der Waals surface area contributed by atoms with Crippen molar-refractivity contribution < 1.29 is 14.9 Å². The lowest BCUT2D eigenvalue weighted by atomic mass is 10.1. The molecule has 0 bridgehead atoms. The summed E-state index contributed by atoms with van der Waals surface area (Å²) in [6, 6.07) is 8.58. The Bertz CT molecular complexity index is 354. The summed E-state index contributed by atoms with van der Waals surface area (Å²) in [6.07, 6.45) is 5.03. The van der Waals surface area contributed by atoms with Crippen molar-refractivity contribution in [3.8, 4) is 5.75 Å². The van der Waals surface area contributed by atoms with Gasteiger partial charge in [0, 0.05) is 19.2 Å². The highest BCUT2D eigenvalue weighted by Gasteiger charge is 2.03. The second kappa shape index (κ2) is 11.5. The fourth-order valence-electron chi connectivity index (χ4n) is 2.22. The molecule has 0 aliphatic rings. The third-order valence-corrected chi connectivity index (χ3v) is 3.39. The molecule has 0 fully saturated rings. The van der Waals surface area contributed by atoms with Gasteiger partial charge in [-0.2, -0.15) is 0 Å². The zero-order valence-corrected chi connectivity index (χ0v) is 13.1. The van der Waals surface area contributed by atoms with Crippen molar-refractivity contribution in [3.63, 3.8) is 0 Å². The Balaban J connectivity index is 2.20. The largest absolute Gasteiger partial charge is 0.494 e. The van der Waals surface area contributed by atoms with Gasteiger partial charge in [-0.05, 0) is 50.3 Å². The standard InChI is InChI=1S/C17H29NO3/c1-15(18-10-12-20)14-16-6-8-17(9-7-16)21-13-5-3-2-4-11-19/h6-9,15,18-20H,2-5,10-14H2,1H3. The van der Waals surface area contributed by atoms with E-state index < -0.39 is 0 Å². The lowest BCUT2D eigenvalue weighted by molar-refractivity contribution is 0.273. The van der Waals surface area contributed by atoms with Crippen molar-refractivity contribution in [3.05, 3.63) is 29.8 Å². The lowest BCUT2D eigenvalue weighted by Gasteiger charge is -2.13. The quantitative estimate of drug-likeness (QED) is 0.517. The average Bonchev–Trinajstić information content (AvgIpc) is 2.50. The van der Waals surface area contributed by atoms with Gasteiger partial charge in [0.05, 0.1) is 13.2 Å². The van der Waals surface area contributed by atoms with E-state index in [0.29, 0.717) is 12.6 Å². The van der Waals surface area contributed by atoms with Crippen molar-refractivity contribution in [2.45, 2.75) is 45.1 Å². The Morgan fingerprint density at radius 3 is 2.38 bits per heavy atom. The van der Waals surface area contributed by atoms with Crippen LogP contribution in [0.4, 0.5) is 0 Å². The Morgan fingerprint density at radius 1 is 1.00 bits per heavy atom. The number of aliphatic hydroxyl groups excluding tert-OH is 2. The highest BCUT2D eigenvalue weighted by atomic mass is 16.5. The molecular formula is C17H29NO3. The number of unbranched alkanes of at least 4 members (excludes halogenated alkanes) is 3. The van der Waals surface area contributed by atoms with Crippen LogP contribution in [0.3, 0.4) is 0 Å². The second-order valence-corrected chi connectivity index (χ2v) is 5.41. The topological polar surface area (TPSA) is 61.7 Å². The first kappa shape index (κ1) is 18.0. The molecule has 1 atom stereocenters. The summed E-state index contributed by atoms with van der Waals surface area (Å²) in [4.78, 5) is 0. The molecule has 120 valence electrons. The molecule has 1 aromatic rings. The van der Waals surface area contributed by atoms with E-state index >= 15 is 0 Å². The van der Waals surface area contributed by atoms with E-state index in [2.05, 4.69) is 24.4 Å². The average molecular weight is 295 g/mol. The van der Waals surface area contributed by atoms with Crippen molar-refractivity contribution in [1.82, 2.24) is 5.32 Å². The molecule has 0 aliphatic heterocycles. The van der Waals surface area contributed by atoms with Gasteiger partial charge in [-0.15, -0.1) is 0 Å². The Kier molecular flexibility index (Phi) is 9.87. The van der Waals surface area contributed by atoms with Gasteiger partial charge < -0.3 is 20.3 Å². The Labute approximate surface area is 128 Å². The molecule has 0 amide bonds. The minimum absolute atomic E-state index is 0.176. The van der Waals surface area contributed by atoms with Crippen LogP contribution in [0.15, 0.2) is 24.3 Å². The molecular weight excluding hydrogens is 266 g/mol. The summed E-state index contributed by atoms with van der Waals surface area (Å²) in [5.74, 6) is 0.914. The predicted molar refractivity (Wildman–Crippen MR) is 85.7 cm³/mol. The Morgan fingerprint density at radius 2 is 1.71 bits per heavy atom. The predicted octanol–water partition coefficient (Wildman–Crippen LogP) is 2.13. The van der Waals surface area contributed by atoms with Crippen LogP contribution in [0.5, 0.6) is 5.75 Å². The van der Waals surface area contributed by atoms with Gasteiger partial charge in [-0.3, -0.25) is 0 Å².